The fourth-order valence-electron chi connectivity index (χ4n) is 2.70. The van der Waals surface area contributed by atoms with Crippen molar-refractivity contribution in [2.45, 2.75) is 6.92 Å². The van der Waals surface area contributed by atoms with E-state index < -0.39 is 0 Å². The van der Waals surface area contributed by atoms with Gasteiger partial charge in [0.1, 0.15) is 17.5 Å². The van der Waals surface area contributed by atoms with Gasteiger partial charge in [-0.3, -0.25) is 5.10 Å². The number of nitrogens with one attached hydrogen (secondary N) is 3. The molecular weight excluding hydrogens is 367 g/mol. The van der Waals surface area contributed by atoms with Crippen molar-refractivity contribution in [3.8, 4) is 0 Å². The molecule has 0 aliphatic carbocycles. The molecule has 2 heterocycles. The number of benzene rings is 2. The van der Waals surface area contributed by atoms with Crippen molar-refractivity contribution < 1.29 is 4.39 Å². The van der Waals surface area contributed by atoms with Crippen LogP contribution in [0.5, 0.6) is 0 Å². The molecule has 0 amide bonds. The molecule has 2 aromatic carbocycles. The molecule has 0 aliphatic heterocycles. The molecule has 4 rings (SSSR count). The topological polar surface area (TPSA) is 78.5 Å². The van der Waals surface area contributed by atoms with Gasteiger partial charge in [-0.1, -0.05) is 36.4 Å². The zero-order valence-corrected chi connectivity index (χ0v) is 15.7. The second-order valence-corrected chi connectivity index (χ2v) is 6.43. The molecular formula is C22H19FN6. The summed E-state index contributed by atoms with van der Waals surface area (Å²) in [4.78, 5) is 9.09. The molecule has 0 saturated carbocycles. The molecule has 0 unspecified atom stereocenters. The Hall–Kier alpha value is -4.00. The minimum absolute atomic E-state index is 0.291. The molecule has 144 valence electrons. The van der Waals surface area contributed by atoms with Crippen LogP contribution in [0.15, 0.2) is 66.7 Å². The number of aromatic amines is 1. The Morgan fingerprint density at radius 2 is 1.55 bits per heavy atom. The van der Waals surface area contributed by atoms with Gasteiger partial charge in [0.05, 0.1) is 0 Å². The van der Waals surface area contributed by atoms with Crippen LogP contribution in [0.25, 0.3) is 12.2 Å². The van der Waals surface area contributed by atoms with Gasteiger partial charge in [0.25, 0.3) is 0 Å². The van der Waals surface area contributed by atoms with Crippen LogP contribution in [0.3, 0.4) is 0 Å². The smallest absolute Gasteiger partial charge is 0.156 e. The molecule has 0 fully saturated rings. The molecule has 4 aromatic rings. The summed E-state index contributed by atoms with van der Waals surface area (Å²) in [6, 6.07) is 19.7. The van der Waals surface area contributed by atoms with Gasteiger partial charge in [-0.05, 0) is 42.8 Å². The normalized spacial score (nSPS) is 11.0. The summed E-state index contributed by atoms with van der Waals surface area (Å²) in [5, 5.41) is 13.4. The first-order valence-electron chi connectivity index (χ1n) is 9.08. The third-order valence-corrected chi connectivity index (χ3v) is 4.05. The summed E-state index contributed by atoms with van der Waals surface area (Å²) >= 11 is 0. The Morgan fingerprint density at radius 3 is 2.24 bits per heavy atom. The number of H-pyrrole nitrogens is 1. The summed E-state index contributed by atoms with van der Waals surface area (Å²) in [6.07, 6.45) is 3.78. The van der Waals surface area contributed by atoms with Gasteiger partial charge in [0.2, 0.25) is 0 Å². The Bertz CT molecular complexity index is 1120. The number of rotatable bonds is 6. The molecule has 0 saturated heterocycles. The largest absolute Gasteiger partial charge is 0.340 e. The number of anilines is 4. The first-order valence-corrected chi connectivity index (χ1v) is 9.08. The first kappa shape index (κ1) is 18.4. The second kappa shape index (κ2) is 8.35. The maximum atomic E-state index is 13.2. The van der Waals surface area contributed by atoms with Crippen molar-refractivity contribution in [1.82, 2.24) is 20.2 Å². The highest BCUT2D eigenvalue weighted by Gasteiger charge is 2.06. The average Bonchev–Trinajstić information content (AvgIpc) is 3.13. The molecule has 0 radical (unpaired) electrons. The Kier molecular flexibility index (Phi) is 5.29. The van der Waals surface area contributed by atoms with E-state index in [1.54, 1.807) is 18.2 Å². The van der Waals surface area contributed by atoms with Gasteiger partial charge in [-0.2, -0.15) is 5.10 Å². The lowest BCUT2D eigenvalue weighted by atomic mass is 10.2. The molecule has 2 aromatic heterocycles. The number of aryl methyl sites for hydroxylation is 1. The van der Waals surface area contributed by atoms with Crippen LogP contribution in [-0.4, -0.2) is 20.2 Å². The van der Waals surface area contributed by atoms with Crippen molar-refractivity contribution >= 4 is 35.3 Å². The molecule has 29 heavy (non-hydrogen) atoms. The molecule has 7 heteroatoms. The van der Waals surface area contributed by atoms with Gasteiger partial charge in [-0.15, -0.1) is 0 Å². The van der Waals surface area contributed by atoms with Crippen LogP contribution in [-0.2, 0) is 0 Å². The fraction of sp³-hybridized carbons (Fsp3) is 0.0455. The summed E-state index contributed by atoms with van der Waals surface area (Å²) in [6.45, 7) is 1.92. The molecule has 3 N–H and O–H groups in total. The molecule has 6 nitrogen and oxygen atoms in total. The monoisotopic (exact) mass is 386 g/mol. The van der Waals surface area contributed by atoms with E-state index in [0.717, 1.165) is 16.9 Å². The number of halogens is 1. The lowest BCUT2D eigenvalue weighted by Gasteiger charge is -2.09. The van der Waals surface area contributed by atoms with Crippen LogP contribution in [0, 0.1) is 12.7 Å². The summed E-state index contributed by atoms with van der Waals surface area (Å²) in [5.74, 6) is 2.06. The predicted octanol–water partition coefficient (Wildman–Crippen LogP) is 5.30. The van der Waals surface area contributed by atoms with Gasteiger partial charge in [-0.25, -0.2) is 14.4 Å². The predicted molar refractivity (Wildman–Crippen MR) is 114 cm³/mol. The van der Waals surface area contributed by atoms with Gasteiger partial charge in [0, 0.05) is 23.5 Å². The van der Waals surface area contributed by atoms with E-state index in [0.29, 0.717) is 23.3 Å². The van der Waals surface area contributed by atoms with E-state index in [-0.39, 0.29) is 5.82 Å². The standard InChI is InChI=1S/C22H19FN6/c1-15-13-22(29-28-15)27-21-14-20(24-18-10-8-17(23)9-11-18)25-19(26-21)12-7-16-5-3-2-4-6-16/h2-14H,1H3,(H3,24,25,26,27,28,29)/b12-7+. The third-order valence-electron chi connectivity index (χ3n) is 4.05. The van der Waals surface area contributed by atoms with Crippen molar-refractivity contribution in [2.24, 2.45) is 0 Å². The van der Waals surface area contributed by atoms with Gasteiger partial charge < -0.3 is 10.6 Å². The van der Waals surface area contributed by atoms with Crippen molar-refractivity contribution in [3.05, 3.63) is 89.6 Å². The van der Waals surface area contributed by atoms with Crippen LogP contribution in [0.2, 0.25) is 0 Å². The minimum atomic E-state index is -0.291. The number of aromatic nitrogens is 4. The highest BCUT2D eigenvalue weighted by Crippen LogP contribution is 2.21. The summed E-state index contributed by atoms with van der Waals surface area (Å²) in [7, 11) is 0. The number of hydrogen-bond acceptors (Lipinski definition) is 5. The Morgan fingerprint density at radius 1 is 0.828 bits per heavy atom. The van der Waals surface area contributed by atoms with E-state index in [9.17, 15) is 4.39 Å². The summed E-state index contributed by atoms with van der Waals surface area (Å²) < 4.78 is 13.2. The molecule has 0 aliphatic rings. The fourth-order valence-corrected chi connectivity index (χ4v) is 2.70. The van der Waals surface area contributed by atoms with E-state index >= 15 is 0 Å². The van der Waals surface area contributed by atoms with Crippen molar-refractivity contribution in [1.29, 1.82) is 0 Å². The van der Waals surface area contributed by atoms with E-state index in [4.69, 9.17) is 0 Å². The van der Waals surface area contributed by atoms with Crippen molar-refractivity contribution in [3.63, 3.8) is 0 Å². The van der Waals surface area contributed by atoms with Crippen LogP contribution in [0.1, 0.15) is 17.1 Å². The highest BCUT2D eigenvalue weighted by molar-refractivity contribution is 5.69. The zero-order valence-electron chi connectivity index (χ0n) is 15.7. The zero-order chi connectivity index (χ0) is 20.1. The Labute approximate surface area is 167 Å². The first-order chi connectivity index (χ1) is 14.1. The highest BCUT2D eigenvalue weighted by atomic mass is 19.1. The minimum Gasteiger partial charge on any atom is -0.340 e. The number of nitrogens with zero attached hydrogens (tertiary/aromatic N) is 3. The maximum absolute atomic E-state index is 13.2. The number of hydrogen-bond donors (Lipinski definition) is 3. The lowest BCUT2D eigenvalue weighted by molar-refractivity contribution is 0.628. The molecule has 0 atom stereocenters. The van der Waals surface area contributed by atoms with E-state index in [1.807, 2.05) is 55.5 Å². The molecule has 0 bridgehead atoms. The molecule has 0 spiro atoms. The van der Waals surface area contributed by atoms with Gasteiger partial charge in [0.15, 0.2) is 11.6 Å². The average molecular weight is 386 g/mol. The van der Waals surface area contributed by atoms with E-state index in [2.05, 4.69) is 30.8 Å². The third kappa shape index (κ3) is 5.04. The van der Waals surface area contributed by atoms with Gasteiger partial charge >= 0.3 is 0 Å². The SMILES string of the molecule is Cc1cc(Nc2cc(Nc3ccc(F)cc3)nc(/C=C/c3ccccc3)n2)n[nH]1. The lowest BCUT2D eigenvalue weighted by Crippen LogP contribution is -2.02. The second-order valence-electron chi connectivity index (χ2n) is 6.43. The van der Waals surface area contributed by atoms with E-state index in [1.165, 1.54) is 12.1 Å². The van der Waals surface area contributed by atoms with Crippen LogP contribution >= 0.6 is 0 Å². The maximum Gasteiger partial charge on any atom is 0.156 e. The summed E-state index contributed by atoms with van der Waals surface area (Å²) in [5.41, 5.74) is 2.71. The Balaban J connectivity index is 1.64. The van der Waals surface area contributed by atoms with Crippen LogP contribution in [0.4, 0.5) is 27.5 Å². The van der Waals surface area contributed by atoms with Crippen LogP contribution < -0.4 is 10.6 Å². The quantitative estimate of drug-likeness (QED) is 0.419. The van der Waals surface area contributed by atoms with Crippen molar-refractivity contribution in [2.75, 3.05) is 10.6 Å².